The molecule has 5 heteroatoms. The van der Waals surface area contributed by atoms with Gasteiger partial charge in [-0.15, -0.1) is 0 Å². The number of amides is 2. The molecule has 2 amide bonds. The molecule has 1 aromatic rings. The maximum absolute atomic E-state index is 12.6. The molecule has 0 bridgehead atoms. The van der Waals surface area contributed by atoms with E-state index in [9.17, 15) is 9.59 Å². The zero-order valence-electron chi connectivity index (χ0n) is 18.2. The largest absolute Gasteiger partial charge is 0.369 e. The van der Waals surface area contributed by atoms with Gasteiger partial charge in [0.2, 0.25) is 11.8 Å². The highest BCUT2D eigenvalue weighted by Crippen LogP contribution is 2.30. The normalized spacial score (nSPS) is 24.3. The quantitative estimate of drug-likeness (QED) is 0.720. The van der Waals surface area contributed by atoms with Crippen LogP contribution >= 0.6 is 0 Å². The van der Waals surface area contributed by atoms with Gasteiger partial charge < -0.3 is 15.5 Å². The lowest BCUT2D eigenvalue weighted by atomic mass is 9.81. The molecule has 1 heterocycles. The minimum Gasteiger partial charge on any atom is -0.369 e. The van der Waals surface area contributed by atoms with Gasteiger partial charge in [-0.1, -0.05) is 37.5 Å². The fourth-order valence-electron chi connectivity index (χ4n) is 5.48. The summed E-state index contributed by atoms with van der Waals surface area (Å²) in [4.78, 5) is 27.3. The number of rotatable bonds is 7. The van der Waals surface area contributed by atoms with E-state index in [-0.39, 0.29) is 23.7 Å². The van der Waals surface area contributed by atoms with Crippen LogP contribution in [0.4, 0.5) is 5.69 Å². The van der Waals surface area contributed by atoms with Gasteiger partial charge in [0.15, 0.2) is 0 Å². The van der Waals surface area contributed by atoms with Crippen LogP contribution in [0.5, 0.6) is 0 Å². The SMILES string of the molecule is O=C(NCCN1CCc2ccccc21)C1CCC(CNC(=O)C2CCCCC2)CC1. The van der Waals surface area contributed by atoms with Gasteiger partial charge in [-0.2, -0.15) is 0 Å². The van der Waals surface area contributed by atoms with Crippen molar-refractivity contribution in [3.05, 3.63) is 29.8 Å². The van der Waals surface area contributed by atoms with E-state index in [1.807, 2.05) is 0 Å². The van der Waals surface area contributed by atoms with E-state index in [0.29, 0.717) is 12.5 Å². The number of hydrogen-bond donors (Lipinski definition) is 2. The molecule has 0 aromatic heterocycles. The average molecular weight is 412 g/mol. The molecule has 3 aliphatic rings. The van der Waals surface area contributed by atoms with Crippen LogP contribution in [0.3, 0.4) is 0 Å². The van der Waals surface area contributed by atoms with E-state index in [2.05, 4.69) is 39.8 Å². The summed E-state index contributed by atoms with van der Waals surface area (Å²) in [6, 6.07) is 8.57. The van der Waals surface area contributed by atoms with Crippen LogP contribution in [0.15, 0.2) is 24.3 Å². The van der Waals surface area contributed by atoms with Crippen molar-refractivity contribution in [1.29, 1.82) is 0 Å². The summed E-state index contributed by atoms with van der Waals surface area (Å²) in [7, 11) is 0. The first kappa shape index (κ1) is 21.2. The fourth-order valence-corrected chi connectivity index (χ4v) is 5.48. The first-order chi connectivity index (χ1) is 14.7. The lowest BCUT2D eigenvalue weighted by Crippen LogP contribution is -2.40. The maximum atomic E-state index is 12.6. The second-order valence-corrected chi connectivity index (χ2v) is 9.45. The van der Waals surface area contributed by atoms with Crippen molar-refractivity contribution in [2.24, 2.45) is 17.8 Å². The van der Waals surface area contributed by atoms with Crippen molar-refractivity contribution in [3.8, 4) is 0 Å². The van der Waals surface area contributed by atoms with Gasteiger partial charge in [0.1, 0.15) is 0 Å². The Morgan fingerprint density at radius 2 is 1.57 bits per heavy atom. The number of para-hydroxylation sites is 1. The van der Waals surface area contributed by atoms with Gasteiger partial charge in [0, 0.05) is 43.7 Å². The van der Waals surface area contributed by atoms with E-state index in [1.165, 1.54) is 30.5 Å². The van der Waals surface area contributed by atoms with Gasteiger partial charge in [-0.3, -0.25) is 9.59 Å². The minimum absolute atomic E-state index is 0.140. The molecule has 0 radical (unpaired) electrons. The molecule has 4 rings (SSSR count). The molecule has 1 aliphatic heterocycles. The summed E-state index contributed by atoms with van der Waals surface area (Å²) in [5, 5.41) is 6.36. The molecule has 2 aliphatic carbocycles. The lowest BCUT2D eigenvalue weighted by Gasteiger charge is -2.29. The van der Waals surface area contributed by atoms with Gasteiger partial charge in [0.05, 0.1) is 0 Å². The van der Waals surface area contributed by atoms with Gasteiger partial charge in [-0.25, -0.2) is 0 Å². The summed E-state index contributed by atoms with van der Waals surface area (Å²) in [5.41, 5.74) is 2.74. The Kier molecular flexibility index (Phi) is 7.29. The Morgan fingerprint density at radius 1 is 0.867 bits per heavy atom. The Morgan fingerprint density at radius 3 is 2.37 bits per heavy atom. The van der Waals surface area contributed by atoms with E-state index < -0.39 is 0 Å². The highest BCUT2D eigenvalue weighted by molar-refractivity contribution is 5.79. The first-order valence-electron chi connectivity index (χ1n) is 12.1. The van der Waals surface area contributed by atoms with E-state index in [0.717, 1.165) is 64.6 Å². The third kappa shape index (κ3) is 5.35. The van der Waals surface area contributed by atoms with Crippen molar-refractivity contribution < 1.29 is 9.59 Å². The van der Waals surface area contributed by atoms with Crippen molar-refractivity contribution in [3.63, 3.8) is 0 Å². The molecule has 1 aromatic carbocycles. The Hall–Kier alpha value is -2.04. The van der Waals surface area contributed by atoms with Gasteiger partial charge >= 0.3 is 0 Å². The average Bonchev–Trinajstić information content (AvgIpc) is 3.21. The predicted octanol–water partition coefficient (Wildman–Crippen LogP) is 3.67. The number of carbonyl (C=O) groups excluding carboxylic acids is 2. The van der Waals surface area contributed by atoms with Crippen LogP contribution in [-0.2, 0) is 16.0 Å². The summed E-state index contributed by atoms with van der Waals surface area (Å²) in [6.07, 6.45) is 10.9. The summed E-state index contributed by atoms with van der Waals surface area (Å²) in [5.74, 6) is 1.39. The second kappa shape index (κ2) is 10.3. The molecule has 0 spiro atoms. The molecule has 2 N–H and O–H groups in total. The van der Waals surface area contributed by atoms with Crippen LogP contribution in [-0.4, -0.2) is 38.0 Å². The smallest absolute Gasteiger partial charge is 0.223 e. The molecule has 0 saturated heterocycles. The third-order valence-electron chi connectivity index (χ3n) is 7.42. The Labute approximate surface area is 181 Å². The highest BCUT2D eigenvalue weighted by atomic mass is 16.2. The van der Waals surface area contributed by atoms with E-state index in [1.54, 1.807) is 0 Å². The van der Waals surface area contributed by atoms with Crippen LogP contribution in [0.1, 0.15) is 63.4 Å². The number of nitrogens with zero attached hydrogens (tertiary/aromatic N) is 1. The second-order valence-electron chi connectivity index (χ2n) is 9.45. The standard InChI is InChI=1S/C25H37N3O2/c29-24(26-15-17-28-16-14-20-6-4-5-9-23(20)28)22-12-10-19(11-13-22)18-27-25(30)21-7-2-1-3-8-21/h4-6,9,19,21-22H,1-3,7-8,10-18H2,(H,26,29)(H,27,30). The molecule has 2 fully saturated rings. The number of benzene rings is 1. The van der Waals surface area contributed by atoms with Crippen molar-refractivity contribution in [1.82, 2.24) is 10.6 Å². The van der Waals surface area contributed by atoms with Crippen molar-refractivity contribution in [2.75, 3.05) is 31.1 Å². The molecule has 5 nitrogen and oxygen atoms in total. The maximum Gasteiger partial charge on any atom is 0.223 e. The van der Waals surface area contributed by atoms with Crippen molar-refractivity contribution >= 4 is 17.5 Å². The summed E-state index contributed by atoms with van der Waals surface area (Å²) >= 11 is 0. The number of fused-ring (bicyclic) bond motifs is 1. The topological polar surface area (TPSA) is 61.4 Å². The molecule has 0 atom stereocenters. The number of anilines is 1. The zero-order chi connectivity index (χ0) is 20.8. The number of hydrogen-bond acceptors (Lipinski definition) is 3. The van der Waals surface area contributed by atoms with Crippen molar-refractivity contribution in [2.45, 2.75) is 64.2 Å². The summed E-state index contributed by atoms with van der Waals surface area (Å²) in [6.45, 7) is 3.43. The lowest BCUT2D eigenvalue weighted by molar-refractivity contribution is -0.127. The van der Waals surface area contributed by atoms with Gasteiger partial charge in [0.25, 0.3) is 0 Å². The van der Waals surface area contributed by atoms with Crippen LogP contribution in [0, 0.1) is 17.8 Å². The number of carbonyl (C=O) groups is 2. The van der Waals surface area contributed by atoms with Gasteiger partial charge in [-0.05, 0) is 62.5 Å². The molecular formula is C25H37N3O2. The monoisotopic (exact) mass is 411 g/mol. The van der Waals surface area contributed by atoms with E-state index in [4.69, 9.17) is 0 Å². The molecule has 2 saturated carbocycles. The fraction of sp³-hybridized carbons (Fsp3) is 0.680. The molecular weight excluding hydrogens is 374 g/mol. The van der Waals surface area contributed by atoms with Crippen LogP contribution in [0.2, 0.25) is 0 Å². The molecule has 30 heavy (non-hydrogen) atoms. The zero-order valence-corrected chi connectivity index (χ0v) is 18.2. The van der Waals surface area contributed by atoms with Crippen LogP contribution in [0.25, 0.3) is 0 Å². The van der Waals surface area contributed by atoms with Crippen LogP contribution < -0.4 is 15.5 Å². The highest BCUT2D eigenvalue weighted by Gasteiger charge is 2.28. The molecule has 0 unspecified atom stereocenters. The summed E-state index contributed by atoms with van der Waals surface area (Å²) < 4.78 is 0. The first-order valence-corrected chi connectivity index (χ1v) is 12.1. The third-order valence-corrected chi connectivity index (χ3v) is 7.42. The predicted molar refractivity (Wildman–Crippen MR) is 120 cm³/mol. The molecule has 164 valence electrons. The minimum atomic E-state index is 0.140. The Balaban J connectivity index is 1.11. The van der Waals surface area contributed by atoms with E-state index >= 15 is 0 Å². The Bertz CT molecular complexity index is 721. The number of nitrogens with one attached hydrogen (secondary N) is 2.